The zero-order chi connectivity index (χ0) is 24.1. The Labute approximate surface area is 195 Å². The first-order valence-electron chi connectivity index (χ1n) is 10.1. The van der Waals surface area contributed by atoms with Crippen molar-refractivity contribution in [1.29, 1.82) is 0 Å². The fraction of sp³-hybridized carbons (Fsp3) is 0.0833. The molecular formula is C24H21F2N5O2S. The van der Waals surface area contributed by atoms with E-state index in [4.69, 9.17) is 9.88 Å². The van der Waals surface area contributed by atoms with Gasteiger partial charge in [0.25, 0.3) is 0 Å². The van der Waals surface area contributed by atoms with Crippen molar-refractivity contribution >= 4 is 26.7 Å². The third-order valence-corrected chi connectivity index (χ3v) is 5.29. The molecule has 0 saturated heterocycles. The van der Waals surface area contributed by atoms with Crippen LogP contribution in [-0.4, -0.2) is 30.8 Å². The molecule has 174 valence electrons. The largest absolute Gasteiger partial charge is 0.488 e. The number of nitrogens with two attached hydrogens (primary N) is 1. The summed E-state index contributed by atoms with van der Waals surface area (Å²) < 4.78 is 45.0. The van der Waals surface area contributed by atoms with Crippen molar-refractivity contribution in [3.8, 4) is 17.1 Å². The Hall–Kier alpha value is -3.89. The van der Waals surface area contributed by atoms with E-state index in [-0.39, 0.29) is 29.9 Å². The van der Waals surface area contributed by atoms with Crippen LogP contribution < -0.4 is 15.2 Å². The smallest absolute Gasteiger partial charge is 0.230 e. The van der Waals surface area contributed by atoms with Gasteiger partial charge in [0.15, 0.2) is 5.82 Å². The van der Waals surface area contributed by atoms with Gasteiger partial charge in [-0.3, -0.25) is 9.35 Å². The van der Waals surface area contributed by atoms with Gasteiger partial charge in [-0.25, -0.2) is 18.7 Å². The fourth-order valence-electron chi connectivity index (χ4n) is 3.16. The molecule has 0 radical (unpaired) electrons. The molecule has 0 spiro atoms. The number of hydrogen-bond donors (Lipinski definition) is 2. The normalized spacial score (nSPS) is 12.6. The second-order valence-corrected chi connectivity index (χ2v) is 9.70. The highest BCUT2D eigenvalue weighted by Gasteiger charge is 2.13. The predicted octanol–water partition coefficient (Wildman–Crippen LogP) is 4.08. The van der Waals surface area contributed by atoms with Crippen LogP contribution in [0.2, 0.25) is 0 Å². The van der Waals surface area contributed by atoms with E-state index in [0.29, 0.717) is 22.4 Å². The first-order chi connectivity index (χ1) is 16.2. The van der Waals surface area contributed by atoms with Crippen molar-refractivity contribution in [3.63, 3.8) is 0 Å². The van der Waals surface area contributed by atoms with Crippen molar-refractivity contribution in [2.75, 3.05) is 11.6 Å². The standard InChI is InChI=1S/C24H21F2N5O2S/c1-34(27,32)14-17-5-3-7-20(11-17)30-24-29-15-28-23(31-24)21-9-8-19(26)12-22(21)33-13-16-4-2-6-18(25)10-16/h2-12,14-15H,13H2,1H3,(H2,27,32)(H,28,29,30,31). The van der Waals surface area contributed by atoms with Crippen molar-refractivity contribution in [3.05, 3.63) is 95.8 Å². The number of rotatable bonds is 7. The number of hydrogen-bond acceptors (Lipinski definition) is 6. The molecule has 3 aromatic carbocycles. The highest BCUT2D eigenvalue weighted by molar-refractivity contribution is 7.98. The second-order valence-electron chi connectivity index (χ2n) is 7.53. The van der Waals surface area contributed by atoms with Gasteiger partial charge in [-0.2, -0.15) is 4.98 Å². The maximum atomic E-state index is 13.9. The highest BCUT2D eigenvalue weighted by atomic mass is 32.2. The molecule has 0 aliphatic rings. The molecule has 4 aromatic rings. The van der Waals surface area contributed by atoms with E-state index in [1.165, 1.54) is 48.3 Å². The number of aromatic nitrogens is 3. The molecule has 0 saturated carbocycles. The molecule has 1 heterocycles. The number of ether oxygens (including phenoxy) is 1. The van der Waals surface area contributed by atoms with Gasteiger partial charge in [0, 0.05) is 33.1 Å². The van der Waals surface area contributed by atoms with Crippen LogP contribution in [0.5, 0.6) is 5.75 Å². The average Bonchev–Trinajstić information content (AvgIpc) is 2.77. The van der Waals surface area contributed by atoms with Gasteiger partial charge in [-0.15, -0.1) is 0 Å². The van der Waals surface area contributed by atoms with Gasteiger partial charge >= 0.3 is 0 Å². The van der Waals surface area contributed by atoms with E-state index in [2.05, 4.69) is 20.3 Å². The summed E-state index contributed by atoms with van der Waals surface area (Å²) in [6.07, 6.45) is 2.76. The second kappa shape index (κ2) is 9.94. The van der Waals surface area contributed by atoms with Gasteiger partial charge in [0.05, 0.1) is 5.56 Å². The average molecular weight is 482 g/mol. The van der Waals surface area contributed by atoms with E-state index < -0.39 is 15.5 Å². The van der Waals surface area contributed by atoms with Crippen LogP contribution in [-0.2, 0) is 16.3 Å². The van der Waals surface area contributed by atoms with Gasteiger partial charge in [-0.1, -0.05) is 24.3 Å². The zero-order valence-electron chi connectivity index (χ0n) is 18.1. The molecule has 7 nitrogen and oxygen atoms in total. The van der Waals surface area contributed by atoms with Gasteiger partial charge in [0.1, 0.15) is 30.3 Å². The molecule has 34 heavy (non-hydrogen) atoms. The molecule has 1 atom stereocenters. The van der Waals surface area contributed by atoms with Crippen molar-refractivity contribution < 1.29 is 17.7 Å². The van der Waals surface area contributed by atoms with Crippen molar-refractivity contribution in [1.82, 2.24) is 15.0 Å². The highest BCUT2D eigenvalue weighted by Crippen LogP contribution is 2.29. The van der Waals surface area contributed by atoms with E-state index in [1.807, 2.05) is 0 Å². The van der Waals surface area contributed by atoms with Gasteiger partial charge in [0.2, 0.25) is 5.95 Å². The van der Waals surface area contributed by atoms with Crippen molar-refractivity contribution in [2.45, 2.75) is 6.61 Å². The summed E-state index contributed by atoms with van der Waals surface area (Å²) in [7, 11) is -2.56. The number of anilines is 2. The lowest BCUT2D eigenvalue weighted by atomic mass is 10.1. The summed E-state index contributed by atoms with van der Waals surface area (Å²) in [5.41, 5.74) is 2.37. The third-order valence-electron chi connectivity index (χ3n) is 4.55. The topological polar surface area (TPSA) is 103 Å². The molecule has 1 aromatic heterocycles. The lowest BCUT2D eigenvalue weighted by molar-refractivity contribution is 0.305. The SMILES string of the molecule is CS(N)(=O)=Cc1cccc(Nc2ncnc(-c3ccc(F)cc3OCc3cccc(F)c3)n2)c1. The minimum Gasteiger partial charge on any atom is -0.488 e. The molecule has 3 N–H and O–H groups in total. The summed E-state index contributed by atoms with van der Waals surface area (Å²) in [6, 6.07) is 17.1. The molecule has 0 amide bonds. The van der Waals surface area contributed by atoms with Crippen LogP contribution in [0.15, 0.2) is 73.1 Å². The Morgan fingerprint density at radius 1 is 1.03 bits per heavy atom. The number of nitrogens with one attached hydrogen (secondary N) is 1. The van der Waals surface area contributed by atoms with E-state index in [0.717, 1.165) is 0 Å². The molecule has 0 aliphatic heterocycles. The quantitative estimate of drug-likeness (QED) is 0.386. The lowest BCUT2D eigenvalue weighted by Crippen LogP contribution is -2.13. The van der Waals surface area contributed by atoms with Crippen molar-refractivity contribution in [2.24, 2.45) is 5.14 Å². The number of benzene rings is 3. The molecule has 0 aliphatic carbocycles. The lowest BCUT2D eigenvalue weighted by Gasteiger charge is -2.12. The monoisotopic (exact) mass is 481 g/mol. The van der Waals surface area contributed by atoms with E-state index in [9.17, 15) is 13.0 Å². The minimum atomic E-state index is -2.56. The number of nitrogens with zero attached hydrogens (tertiary/aromatic N) is 3. The Balaban J connectivity index is 1.59. The molecule has 0 bridgehead atoms. The zero-order valence-corrected chi connectivity index (χ0v) is 18.9. The van der Waals surface area contributed by atoms with Gasteiger partial charge < -0.3 is 10.1 Å². The summed E-state index contributed by atoms with van der Waals surface area (Å²) >= 11 is 0. The maximum absolute atomic E-state index is 13.9. The van der Waals surface area contributed by atoms with Crippen LogP contribution in [0.1, 0.15) is 11.1 Å². The van der Waals surface area contributed by atoms with Crippen LogP contribution >= 0.6 is 0 Å². The third kappa shape index (κ3) is 6.33. The first kappa shape index (κ1) is 23.3. The van der Waals surface area contributed by atoms with E-state index >= 15 is 0 Å². The molecule has 1 unspecified atom stereocenters. The Kier molecular flexibility index (Phi) is 6.80. The van der Waals surface area contributed by atoms with Crippen LogP contribution in [0, 0.1) is 11.6 Å². The predicted molar refractivity (Wildman–Crippen MR) is 129 cm³/mol. The molecule has 10 heteroatoms. The number of halogens is 2. The Morgan fingerprint density at radius 3 is 2.62 bits per heavy atom. The summed E-state index contributed by atoms with van der Waals surface area (Å²) in [5, 5.41) is 10.2. The van der Waals surface area contributed by atoms with Gasteiger partial charge in [-0.05, 0) is 47.5 Å². The van der Waals surface area contributed by atoms with E-state index in [1.54, 1.807) is 36.4 Å². The summed E-state index contributed by atoms with van der Waals surface area (Å²) in [6.45, 7) is 0.0372. The fourth-order valence-corrected chi connectivity index (χ4v) is 3.85. The van der Waals surface area contributed by atoms with Crippen LogP contribution in [0.25, 0.3) is 11.4 Å². The van der Waals surface area contributed by atoms with Crippen LogP contribution in [0.3, 0.4) is 0 Å². The Bertz CT molecular complexity index is 1450. The summed E-state index contributed by atoms with van der Waals surface area (Å²) in [4.78, 5) is 12.7. The molecule has 4 rings (SSSR count). The summed E-state index contributed by atoms with van der Waals surface area (Å²) in [5.74, 6) is -0.173. The first-order valence-corrected chi connectivity index (χ1v) is 12.2. The molecular weight excluding hydrogens is 460 g/mol. The molecule has 0 fully saturated rings. The maximum Gasteiger partial charge on any atom is 0.230 e. The Morgan fingerprint density at radius 2 is 1.82 bits per heavy atom. The van der Waals surface area contributed by atoms with Crippen LogP contribution in [0.4, 0.5) is 20.4 Å². The minimum absolute atomic E-state index is 0.0372.